The first-order valence-corrected chi connectivity index (χ1v) is 8.98. The van der Waals surface area contributed by atoms with Crippen LogP contribution in [0.5, 0.6) is 5.75 Å². The Hall–Kier alpha value is -3.20. The highest BCUT2D eigenvalue weighted by Gasteiger charge is 2.24. The van der Waals surface area contributed by atoms with Crippen LogP contribution in [0.15, 0.2) is 84.9 Å². The number of rotatable bonds is 8. The molecule has 0 radical (unpaired) electrons. The number of Topliss-reactive ketones (excluding diaryl/α,β-unsaturated/α-hetero) is 2. The molecule has 0 aromatic heterocycles. The van der Waals surface area contributed by atoms with Crippen LogP contribution < -0.4 is 4.74 Å². The van der Waals surface area contributed by atoms with Crippen molar-refractivity contribution in [2.24, 2.45) is 5.92 Å². The molecular formula is C24H22O3. The molecule has 27 heavy (non-hydrogen) atoms. The summed E-state index contributed by atoms with van der Waals surface area (Å²) >= 11 is 0. The second-order valence-electron chi connectivity index (χ2n) is 6.47. The van der Waals surface area contributed by atoms with Gasteiger partial charge in [-0.1, -0.05) is 72.8 Å². The van der Waals surface area contributed by atoms with Crippen LogP contribution in [0.1, 0.15) is 32.7 Å². The van der Waals surface area contributed by atoms with Crippen LogP contribution in [0.25, 0.3) is 0 Å². The van der Waals surface area contributed by atoms with Gasteiger partial charge in [-0.3, -0.25) is 9.59 Å². The summed E-state index contributed by atoms with van der Waals surface area (Å²) in [5.74, 6) is 0.340. The molecule has 1 unspecified atom stereocenters. The molecule has 0 spiro atoms. The Labute approximate surface area is 159 Å². The van der Waals surface area contributed by atoms with E-state index in [0.717, 1.165) is 11.3 Å². The standard InChI is InChI=1S/C24H22O3/c1-27-22-14-12-18(13-15-22)16-21(24(26)20-10-6-3-7-11-20)17-23(25)19-8-4-2-5-9-19/h2-15,21H,16-17H2,1H3. The molecule has 1 atom stereocenters. The van der Waals surface area contributed by atoms with Crippen LogP contribution in [-0.2, 0) is 6.42 Å². The number of ether oxygens (including phenoxy) is 1. The number of benzene rings is 3. The molecule has 136 valence electrons. The maximum absolute atomic E-state index is 13.1. The van der Waals surface area contributed by atoms with Gasteiger partial charge >= 0.3 is 0 Å². The minimum atomic E-state index is -0.409. The van der Waals surface area contributed by atoms with E-state index in [1.54, 1.807) is 31.4 Å². The zero-order chi connectivity index (χ0) is 19.1. The summed E-state index contributed by atoms with van der Waals surface area (Å²) in [6.45, 7) is 0. The fraction of sp³-hybridized carbons (Fsp3) is 0.167. The van der Waals surface area contributed by atoms with E-state index in [9.17, 15) is 9.59 Å². The number of ketones is 2. The van der Waals surface area contributed by atoms with Crippen molar-refractivity contribution in [2.75, 3.05) is 7.11 Å². The largest absolute Gasteiger partial charge is 0.497 e. The van der Waals surface area contributed by atoms with Crippen molar-refractivity contribution in [3.05, 3.63) is 102 Å². The van der Waals surface area contributed by atoms with Gasteiger partial charge in [0.1, 0.15) is 5.75 Å². The lowest BCUT2D eigenvalue weighted by Gasteiger charge is -2.16. The third kappa shape index (κ3) is 4.91. The average Bonchev–Trinajstić information content (AvgIpc) is 2.74. The number of hydrogen-bond donors (Lipinski definition) is 0. The molecule has 0 saturated heterocycles. The fourth-order valence-corrected chi connectivity index (χ4v) is 3.11. The molecule has 0 fully saturated rings. The van der Waals surface area contributed by atoms with Crippen molar-refractivity contribution in [3.8, 4) is 5.75 Å². The molecule has 3 nitrogen and oxygen atoms in total. The Morgan fingerprint density at radius 2 is 1.33 bits per heavy atom. The molecule has 0 saturated carbocycles. The lowest BCUT2D eigenvalue weighted by Crippen LogP contribution is -2.21. The van der Waals surface area contributed by atoms with Crippen LogP contribution in [0, 0.1) is 5.92 Å². The van der Waals surface area contributed by atoms with Gasteiger partial charge in [0.2, 0.25) is 0 Å². The number of hydrogen-bond acceptors (Lipinski definition) is 3. The second-order valence-corrected chi connectivity index (χ2v) is 6.47. The molecule has 0 N–H and O–H groups in total. The van der Waals surface area contributed by atoms with E-state index in [0.29, 0.717) is 17.5 Å². The highest BCUT2D eigenvalue weighted by molar-refractivity contribution is 6.03. The molecule has 0 aliphatic carbocycles. The maximum Gasteiger partial charge on any atom is 0.166 e. The highest BCUT2D eigenvalue weighted by Crippen LogP contribution is 2.22. The molecule has 0 amide bonds. The SMILES string of the molecule is COc1ccc(CC(CC(=O)c2ccccc2)C(=O)c2ccccc2)cc1. The van der Waals surface area contributed by atoms with Gasteiger partial charge in [0.05, 0.1) is 7.11 Å². The van der Waals surface area contributed by atoms with Gasteiger partial charge in [-0.2, -0.15) is 0 Å². The molecule has 3 aromatic carbocycles. The third-order valence-electron chi connectivity index (χ3n) is 4.60. The van der Waals surface area contributed by atoms with Gasteiger partial charge in [0.15, 0.2) is 11.6 Å². The fourth-order valence-electron chi connectivity index (χ4n) is 3.11. The van der Waals surface area contributed by atoms with E-state index in [1.165, 1.54) is 0 Å². The minimum Gasteiger partial charge on any atom is -0.497 e. The van der Waals surface area contributed by atoms with Crippen molar-refractivity contribution in [2.45, 2.75) is 12.8 Å². The summed E-state index contributed by atoms with van der Waals surface area (Å²) in [5, 5.41) is 0. The van der Waals surface area contributed by atoms with E-state index in [2.05, 4.69) is 0 Å². The molecule has 0 aliphatic heterocycles. The Balaban J connectivity index is 1.83. The summed E-state index contributed by atoms with van der Waals surface area (Å²) in [7, 11) is 1.62. The molecule has 0 heterocycles. The van der Waals surface area contributed by atoms with Gasteiger partial charge in [-0.25, -0.2) is 0 Å². The number of carbonyl (C=O) groups is 2. The monoisotopic (exact) mass is 358 g/mol. The molecular weight excluding hydrogens is 336 g/mol. The van der Waals surface area contributed by atoms with Crippen molar-refractivity contribution in [1.82, 2.24) is 0 Å². The molecule has 0 aliphatic rings. The first-order chi connectivity index (χ1) is 13.2. The molecule has 3 aromatic rings. The first kappa shape index (κ1) is 18.6. The van der Waals surface area contributed by atoms with E-state index < -0.39 is 5.92 Å². The van der Waals surface area contributed by atoms with Gasteiger partial charge in [-0.15, -0.1) is 0 Å². The van der Waals surface area contributed by atoms with Gasteiger partial charge < -0.3 is 4.74 Å². The second kappa shape index (κ2) is 8.95. The van der Waals surface area contributed by atoms with Crippen LogP contribution in [-0.4, -0.2) is 18.7 Å². The topological polar surface area (TPSA) is 43.4 Å². The van der Waals surface area contributed by atoms with Gasteiger partial charge in [0.25, 0.3) is 0 Å². The van der Waals surface area contributed by atoms with Crippen molar-refractivity contribution in [1.29, 1.82) is 0 Å². The summed E-state index contributed by atoms with van der Waals surface area (Å²) in [5.41, 5.74) is 2.28. The normalized spacial score (nSPS) is 11.6. The smallest absolute Gasteiger partial charge is 0.166 e. The Bertz CT molecular complexity index is 884. The van der Waals surface area contributed by atoms with E-state index in [4.69, 9.17) is 4.74 Å². The zero-order valence-electron chi connectivity index (χ0n) is 15.3. The van der Waals surface area contributed by atoms with Crippen LogP contribution in [0.4, 0.5) is 0 Å². The van der Waals surface area contributed by atoms with Gasteiger partial charge in [0, 0.05) is 23.5 Å². The highest BCUT2D eigenvalue weighted by atomic mass is 16.5. The van der Waals surface area contributed by atoms with E-state index in [1.807, 2.05) is 60.7 Å². The molecule has 3 rings (SSSR count). The number of methoxy groups -OCH3 is 1. The minimum absolute atomic E-state index is 0.00398. The van der Waals surface area contributed by atoms with Crippen LogP contribution >= 0.6 is 0 Å². The Morgan fingerprint density at radius 1 is 0.778 bits per heavy atom. The summed E-state index contributed by atoms with van der Waals surface area (Å²) in [4.78, 5) is 25.8. The number of carbonyl (C=O) groups excluding carboxylic acids is 2. The van der Waals surface area contributed by atoms with E-state index >= 15 is 0 Å². The average molecular weight is 358 g/mol. The molecule has 0 bridgehead atoms. The molecule has 3 heteroatoms. The lowest BCUT2D eigenvalue weighted by atomic mass is 9.86. The van der Waals surface area contributed by atoms with Crippen LogP contribution in [0.2, 0.25) is 0 Å². The van der Waals surface area contributed by atoms with Crippen molar-refractivity contribution < 1.29 is 14.3 Å². The predicted octanol–water partition coefficient (Wildman–Crippen LogP) is 5.01. The zero-order valence-corrected chi connectivity index (χ0v) is 15.3. The first-order valence-electron chi connectivity index (χ1n) is 8.98. The summed E-state index contributed by atoms with van der Waals surface area (Å²) < 4.78 is 5.19. The summed E-state index contributed by atoms with van der Waals surface area (Å²) in [6, 6.07) is 25.9. The summed E-state index contributed by atoms with van der Waals surface area (Å²) in [6.07, 6.45) is 0.695. The van der Waals surface area contributed by atoms with Crippen molar-refractivity contribution >= 4 is 11.6 Å². The quantitative estimate of drug-likeness (QED) is 0.532. The van der Waals surface area contributed by atoms with Crippen LogP contribution in [0.3, 0.4) is 0 Å². The van der Waals surface area contributed by atoms with Crippen molar-refractivity contribution in [3.63, 3.8) is 0 Å². The Morgan fingerprint density at radius 3 is 1.89 bits per heavy atom. The lowest BCUT2D eigenvalue weighted by molar-refractivity contribution is 0.0851. The van der Waals surface area contributed by atoms with Gasteiger partial charge in [-0.05, 0) is 24.1 Å². The maximum atomic E-state index is 13.1. The predicted molar refractivity (Wildman–Crippen MR) is 106 cm³/mol. The third-order valence-corrected chi connectivity index (χ3v) is 4.60. The van der Waals surface area contributed by atoms with E-state index in [-0.39, 0.29) is 18.0 Å². The Kier molecular flexibility index (Phi) is 6.16.